The SMILES string of the molecule is CSc1nc(C)c(-c2nc3c(C)nccc3s2)c(N[C@@H]2C[C@H](CC(C)=O)[C@H]3OC(C)(C)O[C@H]32)n1. The van der Waals surface area contributed by atoms with E-state index in [2.05, 4.69) is 10.3 Å². The van der Waals surface area contributed by atoms with Crippen LogP contribution in [0.15, 0.2) is 17.4 Å². The van der Waals surface area contributed by atoms with Gasteiger partial charge in [-0.05, 0) is 59.3 Å². The average Bonchev–Trinajstić information content (AvgIpc) is 3.40. The summed E-state index contributed by atoms with van der Waals surface area (Å²) in [7, 11) is 0. The summed E-state index contributed by atoms with van der Waals surface area (Å²) in [5, 5.41) is 5.22. The van der Waals surface area contributed by atoms with Crippen molar-refractivity contribution >= 4 is 44.9 Å². The first kappa shape index (κ1) is 23.6. The molecule has 0 aromatic carbocycles. The minimum absolute atomic E-state index is 0.0448. The number of aryl methyl sites for hydroxylation is 2. The summed E-state index contributed by atoms with van der Waals surface area (Å²) in [5.41, 5.74) is 3.56. The number of rotatable bonds is 6. The fourth-order valence-corrected chi connectivity index (χ4v) is 6.58. The van der Waals surface area contributed by atoms with E-state index in [1.807, 2.05) is 46.2 Å². The van der Waals surface area contributed by atoms with Gasteiger partial charge in [-0.1, -0.05) is 11.8 Å². The number of ether oxygens (including phenoxy) is 2. The van der Waals surface area contributed by atoms with Gasteiger partial charge < -0.3 is 19.6 Å². The van der Waals surface area contributed by atoms with Crippen LogP contribution in [0.2, 0.25) is 0 Å². The molecule has 3 aromatic heterocycles. The Hall–Kier alpha value is -2.14. The molecule has 4 atom stereocenters. The molecule has 180 valence electrons. The maximum atomic E-state index is 11.9. The minimum atomic E-state index is -0.683. The molecule has 10 heteroatoms. The van der Waals surface area contributed by atoms with E-state index >= 15 is 0 Å². The molecule has 0 amide bonds. The molecule has 2 aliphatic rings. The highest BCUT2D eigenvalue weighted by Crippen LogP contribution is 2.45. The van der Waals surface area contributed by atoms with Crippen LogP contribution in [0.5, 0.6) is 0 Å². The molecular formula is C24H29N5O3S2. The van der Waals surface area contributed by atoms with Crippen molar-refractivity contribution in [3.63, 3.8) is 0 Å². The Kier molecular flexibility index (Phi) is 6.12. The second kappa shape index (κ2) is 8.82. The number of thiazole rings is 1. The number of aromatic nitrogens is 4. The number of thioether (sulfide) groups is 1. The van der Waals surface area contributed by atoms with Gasteiger partial charge in [0.15, 0.2) is 10.9 Å². The highest BCUT2D eigenvalue weighted by Gasteiger charge is 2.54. The third-order valence-electron chi connectivity index (χ3n) is 6.41. The molecule has 0 radical (unpaired) electrons. The van der Waals surface area contributed by atoms with Gasteiger partial charge in [0.2, 0.25) is 0 Å². The number of hydrogen-bond donors (Lipinski definition) is 1. The van der Waals surface area contributed by atoms with Crippen molar-refractivity contribution in [2.75, 3.05) is 11.6 Å². The molecule has 5 rings (SSSR count). The van der Waals surface area contributed by atoms with E-state index in [0.29, 0.717) is 11.6 Å². The molecule has 0 unspecified atom stereocenters. The van der Waals surface area contributed by atoms with Gasteiger partial charge in [-0.3, -0.25) is 4.98 Å². The van der Waals surface area contributed by atoms with E-state index in [4.69, 9.17) is 24.4 Å². The molecule has 8 nitrogen and oxygen atoms in total. The molecule has 4 heterocycles. The second-order valence-electron chi connectivity index (χ2n) is 9.50. The Bertz CT molecular complexity index is 1260. The molecule has 1 aliphatic carbocycles. The number of nitrogens with one attached hydrogen (secondary N) is 1. The fraction of sp³-hybridized carbons (Fsp3) is 0.542. The third kappa shape index (κ3) is 4.32. The quantitative estimate of drug-likeness (QED) is 0.379. The Morgan fingerprint density at radius 1 is 1.21 bits per heavy atom. The van der Waals surface area contributed by atoms with E-state index in [1.54, 1.807) is 18.3 Å². The monoisotopic (exact) mass is 499 g/mol. The molecule has 1 saturated carbocycles. The van der Waals surface area contributed by atoms with Crippen LogP contribution >= 0.6 is 23.1 Å². The summed E-state index contributed by atoms with van der Waals surface area (Å²) in [5.74, 6) is 0.322. The molecule has 34 heavy (non-hydrogen) atoms. The molecule has 1 N–H and O–H groups in total. The highest BCUT2D eigenvalue weighted by molar-refractivity contribution is 7.98. The number of hydrogen-bond acceptors (Lipinski definition) is 10. The minimum Gasteiger partial charge on any atom is -0.364 e. The van der Waals surface area contributed by atoms with Gasteiger partial charge in [0.1, 0.15) is 28.2 Å². The van der Waals surface area contributed by atoms with Crippen LogP contribution in [-0.2, 0) is 14.3 Å². The lowest BCUT2D eigenvalue weighted by Crippen LogP contribution is -2.35. The summed E-state index contributed by atoms with van der Waals surface area (Å²) in [6.07, 6.45) is 4.74. The Morgan fingerprint density at radius 2 is 1.97 bits per heavy atom. The first-order valence-electron chi connectivity index (χ1n) is 11.4. The molecule has 0 bridgehead atoms. The van der Waals surface area contributed by atoms with Crippen molar-refractivity contribution in [1.29, 1.82) is 0 Å². The number of anilines is 1. The molecule has 0 spiro atoms. The van der Waals surface area contributed by atoms with Gasteiger partial charge in [-0.15, -0.1) is 11.3 Å². The zero-order valence-electron chi connectivity index (χ0n) is 20.2. The zero-order chi connectivity index (χ0) is 24.2. The standard InChI is InChI=1S/C24H29N5O3S2/c1-11(30)9-14-10-15(20-19(14)31-24(4,5)32-20)27-21-17(12(2)26-23(29-21)33-6)22-28-18-13(3)25-8-7-16(18)34-22/h7-8,14-15,19-20H,9-10H2,1-6H3,(H,26,27,29)/t14-,15+,19+,20-/m0/s1. The van der Waals surface area contributed by atoms with Crippen molar-refractivity contribution < 1.29 is 14.3 Å². The first-order chi connectivity index (χ1) is 16.1. The number of pyridine rings is 1. The van der Waals surface area contributed by atoms with Gasteiger partial charge in [0.05, 0.1) is 33.8 Å². The van der Waals surface area contributed by atoms with Gasteiger partial charge in [0, 0.05) is 12.6 Å². The zero-order valence-corrected chi connectivity index (χ0v) is 21.8. The van der Waals surface area contributed by atoms with E-state index < -0.39 is 5.79 Å². The number of fused-ring (bicyclic) bond motifs is 2. The van der Waals surface area contributed by atoms with Crippen LogP contribution in [0.25, 0.3) is 20.8 Å². The second-order valence-corrected chi connectivity index (χ2v) is 11.3. The lowest BCUT2D eigenvalue weighted by molar-refractivity contribution is -0.158. The summed E-state index contributed by atoms with van der Waals surface area (Å²) in [4.78, 5) is 30.8. The average molecular weight is 500 g/mol. The Morgan fingerprint density at radius 3 is 2.68 bits per heavy atom. The highest BCUT2D eigenvalue weighted by atomic mass is 32.2. The number of nitrogens with zero attached hydrogens (tertiary/aromatic N) is 4. The van der Waals surface area contributed by atoms with Crippen molar-refractivity contribution in [1.82, 2.24) is 19.9 Å². The third-order valence-corrected chi connectivity index (χ3v) is 8.00. The Balaban J connectivity index is 1.55. The van der Waals surface area contributed by atoms with Crippen molar-refractivity contribution in [2.24, 2.45) is 5.92 Å². The molecule has 1 saturated heterocycles. The summed E-state index contributed by atoms with van der Waals surface area (Å²) in [6.45, 7) is 9.45. The lowest BCUT2D eigenvalue weighted by Gasteiger charge is -2.25. The normalized spacial score (nSPS) is 25.6. The predicted molar refractivity (Wildman–Crippen MR) is 134 cm³/mol. The summed E-state index contributed by atoms with van der Waals surface area (Å²) in [6, 6.07) is 1.94. The van der Waals surface area contributed by atoms with Crippen molar-refractivity contribution in [3.8, 4) is 10.6 Å². The van der Waals surface area contributed by atoms with Crippen LogP contribution in [0.4, 0.5) is 5.82 Å². The van der Waals surface area contributed by atoms with Crippen molar-refractivity contribution in [2.45, 2.75) is 76.7 Å². The number of carbonyl (C=O) groups is 1. The van der Waals surface area contributed by atoms with Gasteiger partial charge >= 0.3 is 0 Å². The van der Waals surface area contributed by atoms with Crippen LogP contribution in [-0.4, -0.2) is 56.0 Å². The van der Waals surface area contributed by atoms with Crippen LogP contribution in [0, 0.1) is 19.8 Å². The number of carbonyl (C=O) groups excluding carboxylic acids is 1. The lowest BCUT2D eigenvalue weighted by atomic mass is 9.99. The molecular weight excluding hydrogens is 470 g/mol. The van der Waals surface area contributed by atoms with Gasteiger partial charge in [-0.25, -0.2) is 15.0 Å². The van der Waals surface area contributed by atoms with E-state index in [9.17, 15) is 4.79 Å². The fourth-order valence-electron chi connectivity index (χ4n) is 5.06. The van der Waals surface area contributed by atoms with Crippen molar-refractivity contribution in [3.05, 3.63) is 23.7 Å². The molecule has 1 aliphatic heterocycles. The Labute approximate surface area is 207 Å². The predicted octanol–water partition coefficient (Wildman–Crippen LogP) is 4.79. The van der Waals surface area contributed by atoms with Gasteiger partial charge in [-0.2, -0.15) is 0 Å². The number of Topliss-reactive ketones (excluding diaryl/α,β-unsaturated/α-hetero) is 1. The summed E-state index contributed by atoms with van der Waals surface area (Å²) < 4.78 is 13.6. The molecule has 3 aromatic rings. The summed E-state index contributed by atoms with van der Waals surface area (Å²) >= 11 is 3.12. The smallest absolute Gasteiger partial charge is 0.189 e. The van der Waals surface area contributed by atoms with Crippen LogP contribution < -0.4 is 5.32 Å². The van der Waals surface area contributed by atoms with E-state index in [1.165, 1.54) is 11.8 Å². The maximum absolute atomic E-state index is 11.9. The van der Waals surface area contributed by atoms with E-state index in [0.717, 1.165) is 44.4 Å². The first-order valence-corrected chi connectivity index (χ1v) is 13.5. The van der Waals surface area contributed by atoms with Gasteiger partial charge in [0.25, 0.3) is 0 Å². The number of ketones is 1. The van der Waals surface area contributed by atoms with Crippen LogP contribution in [0.3, 0.4) is 0 Å². The largest absolute Gasteiger partial charge is 0.364 e. The maximum Gasteiger partial charge on any atom is 0.189 e. The topological polar surface area (TPSA) is 99.1 Å². The van der Waals surface area contributed by atoms with Crippen LogP contribution in [0.1, 0.15) is 45.0 Å². The van der Waals surface area contributed by atoms with E-state index in [-0.39, 0.29) is 30.0 Å². The molecule has 2 fully saturated rings.